The molecule has 0 bridgehead atoms. The van der Waals surface area contributed by atoms with Crippen LogP contribution >= 0.6 is 0 Å². The zero-order valence-electron chi connectivity index (χ0n) is 18.3. The molecule has 1 unspecified atom stereocenters. The van der Waals surface area contributed by atoms with E-state index in [2.05, 4.69) is 4.98 Å². The van der Waals surface area contributed by atoms with Crippen molar-refractivity contribution < 1.29 is 29.3 Å². The number of aromatic hydroxyl groups is 1. The van der Waals surface area contributed by atoms with E-state index in [1.807, 2.05) is 6.92 Å². The number of aromatic nitrogens is 1. The van der Waals surface area contributed by atoms with Gasteiger partial charge in [0.15, 0.2) is 0 Å². The summed E-state index contributed by atoms with van der Waals surface area (Å²) in [6.45, 7) is 2.19. The summed E-state index contributed by atoms with van der Waals surface area (Å²) in [5.41, 5.74) is 1.44. The fourth-order valence-corrected chi connectivity index (χ4v) is 3.77. The number of Topliss-reactive ketones (excluding diaryl/α,β-unsaturated/α-hetero) is 1. The Morgan fingerprint density at radius 1 is 0.971 bits per heavy atom. The van der Waals surface area contributed by atoms with Gasteiger partial charge in [0.25, 0.3) is 11.7 Å². The highest BCUT2D eigenvalue weighted by molar-refractivity contribution is 6.51. The summed E-state index contributed by atoms with van der Waals surface area (Å²) in [6, 6.07) is 14.3. The summed E-state index contributed by atoms with van der Waals surface area (Å²) >= 11 is 0. The maximum atomic E-state index is 13.1. The second-order valence-corrected chi connectivity index (χ2v) is 7.68. The van der Waals surface area contributed by atoms with Crippen LogP contribution in [0.25, 0.3) is 5.76 Å². The van der Waals surface area contributed by atoms with E-state index in [-0.39, 0.29) is 17.1 Å². The molecule has 34 heavy (non-hydrogen) atoms. The highest BCUT2D eigenvalue weighted by atomic mass is 16.5. The van der Waals surface area contributed by atoms with Crippen molar-refractivity contribution in [3.63, 3.8) is 0 Å². The van der Waals surface area contributed by atoms with Crippen molar-refractivity contribution in [3.05, 3.63) is 95.3 Å². The number of carbonyl (C=O) groups is 3. The molecule has 1 atom stereocenters. The molecule has 172 valence electrons. The fourth-order valence-electron chi connectivity index (χ4n) is 3.77. The normalized spacial score (nSPS) is 17.1. The van der Waals surface area contributed by atoms with Gasteiger partial charge < -0.3 is 14.9 Å². The highest BCUT2D eigenvalue weighted by Crippen LogP contribution is 2.42. The number of aliphatic hydroxyl groups is 1. The Labute approximate surface area is 195 Å². The van der Waals surface area contributed by atoms with Gasteiger partial charge in [0.2, 0.25) is 0 Å². The third-order valence-corrected chi connectivity index (χ3v) is 5.43. The molecule has 2 aromatic carbocycles. The second-order valence-electron chi connectivity index (χ2n) is 7.68. The van der Waals surface area contributed by atoms with E-state index in [4.69, 9.17) is 4.74 Å². The lowest BCUT2D eigenvalue weighted by atomic mass is 9.95. The predicted molar refractivity (Wildman–Crippen MR) is 124 cm³/mol. The van der Waals surface area contributed by atoms with Crippen molar-refractivity contribution in [1.29, 1.82) is 0 Å². The molecule has 4 rings (SSSR count). The lowest BCUT2D eigenvalue weighted by Crippen LogP contribution is -2.29. The molecule has 1 saturated heterocycles. The van der Waals surface area contributed by atoms with Gasteiger partial charge in [0.05, 0.1) is 23.8 Å². The van der Waals surface area contributed by atoms with Crippen LogP contribution in [-0.2, 0) is 14.3 Å². The molecule has 0 radical (unpaired) electrons. The molecule has 2 heterocycles. The maximum absolute atomic E-state index is 13.1. The van der Waals surface area contributed by atoms with Crippen molar-refractivity contribution >= 4 is 29.1 Å². The number of phenolic OH excluding ortho intramolecular Hbond substituents is 1. The van der Waals surface area contributed by atoms with Gasteiger partial charge in [0.1, 0.15) is 11.5 Å². The minimum atomic E-state index is -0.952. The number of carbonyl (C=O) groups excluding carboxylic acids is 3. The number of ketones is 1. The highest BCUT2D eigenvalue weighted by Gasteiger charge is 2.47. The smallest absolute Gasteiger partial charge is 0.338 e. The number of anilines is 1. The monoisotopic (exact) mass is 458 g/mol. The number of nitrogens with zero attached hydrogens (tertiary/aromatic N) is 2. The van der Waals surface area contributed by atoms with Gasteiger partial charge in [-0.1, -0.05) is 19.1 Å². The molecule has 1 amide bonds. The number of hydrogen-bond acceptors (Lipinski definition) is 7. The largest absolute Gasteiger partial charge is 0.508 e. The van der Waals surface area contributed by atoms with Crippen LogP contribution in [0.2, 0.25) is 0 Å². The van der Waals surface area contributed by atoms with Crippen molar-refractivity contribution in [2.75, 3.05) is 11.5 Å². The first-order chi connectivity index (χ1) is 16.4. The molecule has 0 spiro atoms. The number of aliphatic hydroxyl groups excluding tert-OH is 1. The summed E-state index contributed by atoms with van der Waals surface area (Å²) in [6.07, 6.45) is 3.63. The van der Waals surface area contributed by atoms with E-state index >= 15 is 0 Å². The molecule has 1 aliphatic rings. The average molecular weight is 458 g/mol. The summed E-state index contributed by atoms with van der Waals surface area (Å²) in [5, 5.41) is 20.7. The van der Waals surface area contributed by atoms with Crippen molar-refractivity contribution in [2.24, 2.45) is 0 Å². The number of pyridine rings is 1. The minimum Gasteiger partial charge on any atom is -0.508 e. The van der Waals surface area contributed by atoms with E-state index in [1.54, 1.807) is 24.3 Å². The predicted octanol–water partition coefficient (Wildman–Crippen LogP) is 3.98. The number of rotatable bonds is 6. The van der Waals surface area contributed by atoms with Crippen LogP contribution in [0.5, 0.6) is 5.75 Å². The Morgan fingerprint density at radius 3 is 2.24 bits per heavy atom. The van der Waals surface area contributed by atoms with Crippen LogP contribution in [0, 0.1) is 0 Å². The molecule has 1 aromatic heterocycles. The zero-order chi connectivity index (χ0) is 24.2. The Hall–Kier alpha value is -4.46. The van der Waals surface area contributed by atoms with Crippen molar-refractivity contribution in [1.82, 2.24) is 4.98 Å². The molecule has 8 nitrogen and oxygen atoms in total. The molecule has 1 aliphatic heterocycles. The van der Waals surface area contributed by atoms with Gasteiger partial charge in [-0.15, -0.1) is 0 Å². The van der Waals surface area contributed by atoms with Gasteiger partial charge >= 0.3 is 5.97 Å². The van der Waals surface area contributed by atoms with E-state index in [1.165, 1.54) is 53.7 Å². The van der Waals surface area contributed by atoms with Gasteiger partial charge in [-0.05, 0) is 60.5 Å². The van der Waals surface area contributed by atoms with E-state index in [0.717, 1.165) is 0 Å². The third kappa shape index (κ3) is 4.25. The molecule has 3 aromatic rings. The first-order valence-electron chi connectivity index (χ1n) is 10.7. The van der Waals surface area contributed by atoms with Crippen LogP contribution in [0.15, 0.2) is 78.6 Å². The summed E-state index contributed by atoms with van der Waals surface area (Å²) in [5.74, 6) is -2.47. The fraction of sp³-hybridized carbons (Fsp3) is 0.154. The van der Waals surface area contributed by atoms with Crippen LogP contribution < -0.4 is 4.90 Å². The van der Waals surface area contributed by atoms with E-state index in [0.29, 0.717) is 35.4 Å². The summed E-state index contributed by atoms with van der Waals surface area (Å²) in [4.78, 5) is 43.6. The summed E-state index contributed by atoms with van der Waals surface area (Å²) < 4.78 is 5.14. The lowest BCUT2D eigenvalue weighted by molar-refractivity contribution is -0.132. The molecule has 0 saturated carbocycles. The lowest BCUT2D eigenvalue weighted by Gasteiger charge is -2.25. The topological polar surface area (TPSA) is 117 Å². The minimum absolute atomic E-state index is 0.0183. The third-order valence-electron chi connectivity index (χ3n) is 5.43. The molecular formula is C26H22N2O6. The SMILES string of the molecule is CCCOC(=O)c1ccc(N2C(=O)C(=O)/C(=C(/O)c3ccncc3)C2c2ccc(O)cc2)cc1. The van der Waals surface area contributed by atoms with E-state index in [9.17, 15) is 24.6 Å². The zero-order valence-corrected chi connectivity index (χ0v) is 18.3. The standard InChI is InChI=1S/C26H22N2O6/c1-2-15-34-26(33)18-3-7-19(8-4-18)28-22(16-5-9-20(29)10-6-16)21(24(31)25(28)32)23(30)17-11-13-27-14-12-17/h3-14,22,29-30H,2,15H2,1H3/b23-21+. The van der Waals surface area contributed by atoms with Crippen LogP contribution in [0.4, 0.5) is 5.69 Å². The Kier molecular flexibility index (Phi) is 6.40. The maximum Gasteiger partial charge on any atom is 0.338 e. The van der Waals surface area contributed by atoms with E-state index < -0.39 is 23.7 Å². The van der Waals surface area contributed by atoms with Crippen molar-refractivity contribution in [3.8, 4) is 5.75 Å². The number of esters is 1. The van der Waals surface area contributed by atoms with Gasteiger partial charge in [-0.3, -0.25) is 19.5 Å². The molecule has 0 aliphatic carbocycles. The first-order valence-corrected chi connectivity index (χ1v) is 10.7. The Bertz CT molecular complexity index is 1250. The average Bonchev–Trinajstić information content (AvgIpc) is 3.13. The molecule has 1 fully saturated rings. The quantitative estimate of drug-likeness (QED) is 0.248. The molecule has 8 heteroatoms. The number of amides is 1. The van der Waals surface area contributed by atoms with Crippen LogP contribution in [0.1, 0.15) is 40.9 Å². The van der Waals surface area contributed by atoms with Gasteiger partial charge in [0, 0.05) is 23.6 Å². The number of ether oxygens (including phenoxy) is 1. The van der Waals surface area contributed by atoms with Crippen LogP contribution in [0.3, 0.4) is 0 Å². The second kappa shape index (κ2) is 9.58. The van der Waals surface area contributed by atoms with Crippen LogP contribution in [-0.4, -0.2) is 39.5 Å². The number of benzene rings is 2. The number of phenols is 1. The number of hydrogen-bond donors (Lipinski definition) is 2. The first kappa shape index (κ1) is 22.7. The molecule has 2 N–H and O–H groups in total. The van der Waals surface area contributed by atoms with Crippen molar-refractivity contribution in [2.45, 2.75) is 19.4 Å². The Balaban J connectivity index is 1.81. The molecular weight excluding hydrogens is 436 g/mol. The summed E-state index contributed by atoms with van der Waals surface area (Å²) in [7, 11) is 0. The van der Waals surface area contributed by atoms with Gasteiger partial charge in [-0.25, -0.2) is 4.79 Å². The van der Waals surface area contributed by atoms with Gasteiger partial charge in [-0.2, -0.15) is 0 Å². The Morgan fingerprint density at radius 2 is 1.62 bits per heavy atom.